The van der Waals surface area contributed by atoms with Gasteiger partial charge in [0.15, 0.2) is 0 Å². The Balaban J connectivity index is 1.95. The van der Waals surface area contributed by atoms with Crippen molar-refractivity contribution in [2.45, 2.75) is 13.0 Å². The van der Waals surface area contributed by atoms with Gasteiger partial charge in [0.25, 0.3) is 0 Å². The van der Waals surface area contributed by atoms with Crippen LogP contribution in [0.25, 0.3) is 0 Å². The fraction of sp³-hybridized carbons (Fsp3) is 0.250. The van der Waals surface area contributed by atoms with E-state index < -0.39 is 0 Å². The molecule has 0 spiro atoms. The molecule has 6 heteroatoms. The quantitative estimate of drug-likeness (QED) is 0.882. The van der Waals surface area contributed by atoms with Crippen molar-refractivity contribution in [2.75, 3.05) is 7.05 Å². The fourth-order valence-corrected chi connectivity index (χ4v) is 1.58. The first-order chi connectivity index (χ1) is 8.65. The molecule has 0 aliphatic rings. The standard InChI is InChI=1S/C12H13FN4O/c1-17(7-11-14-8-15-16-11)12(18)6-9-3-2-4-10(13)5-9/h2-5,8H,6-7H2,1H3,(H,14,15,16). The molecule has 5 nitrogen and oxygen atoms in total. The van der Waals surface area contributed by atoms with Crippen molar-refractivity contribution >= 4 is 5.91 Å². The summed E-state index contributed by atoms with van der Waals surface area (Å²) in [7, 11) is 1.67. The van der Waals surface area contributed by atoms with Crippen molar-refractivity contribution in [1.82, 2.24) is 20.1 Å². The van der Waals surface area contributed by atoms with Gasteiger partial charge in [-0.15, -0.1) is 0 Å². The van der Waals surface area contributed by atoms with Crippen LogP contribution in [0.3, 0.4) is 0 Å². The molecular weight excluding hydrogens is 235 g/mol. The van der Waals surface area contributed by atoms with Crippen molar-refractivity contribution in [1.29, 1.82) is 0 Å². The SMILES string of the molecule is CN(Cc1ncn[nH]1)C(=O)Cc1cccc(F)c1. The predicted molar refractivity (Wildman–Crippen MR) is 63.0 cm³/mol. The monoisotopic (exact) mass is 248 g/mol. The maximum Gasteiger partial charge on any atom is 0.227 e. The minimum Gasteiger partial charge on any atom is -0.338 e. The summed E-state index contributed by atoms with van der Waals surface area (Å²) in [5.41, 5.74) is 0.657. The number of nitrogens with zero attached hydrogens (tertiary/aromatic N) is 3. The minimum atomic E-state index is -0.335. The molecule has 18 heavy (non-hydrogen) atoms. The first-order valence-electron chi connectivity index (χ1n) is 5.48. The van der Waals surface area contributed by atoms with Crippen LogP contribution in [-0.4, -0.2) is 33.0 Å². The molecule has 1 N–H and O–H groups in total. The minimum absolute atomic E-state index is 0.1000. The van der Waals surface area contributed by atoms with Crippen LogP contribution < -0.4 is 0 Å². The third-order valence-electron chi connectivity index (χ3n) is 2.52. The second-order valence-electron chi connectivity index (χ2n) is 3.99. The first-order valence-corrected chi connectivity index (χ1v) is 5.48. The van der Waals surface area contributed by atoms with E-state index >= 15 is 0 Å². The third kappa shape index (κ3) is 3.13. The molecule has 0 saturated heterocycles. The van der Waals surface area contributed by atoms with E-state index in [-0.39, 0.29) is 18.1 Å². The third-order valence-corrected chi connectivity index (χ3v) is 2.52. The van der Waals surface area contributed by atoms with Crippen LogP contribution in [0.5, 0.6) is 0 Å². The van der Waals surface area contributed by atoms with Crippen LogP contribution in [0.4, 0.5) is 4.39 Å². The zero-order valence-corrected chi connectivity index (χ0v) is 9.93. The van der Waals surface area contributed by atoms with Gasteiger partial charge in [-0.25, -0.2) is 9.37 Å². The van der Waals surface area contributed by atoms with Crippen LogP contribution in [0.1, 0.15) is 11.4 Å². The molecule has 0 aliphatic heterocycles. The Morgan fingerprint density at radius 3 is 3.00 bits per heavy atom. The Hall–Kier alpha value is -2.24. The summed E-state index contributed by atoms with van der Waals surface area (Å²) >= 11 is 0. The van der Waals surface area contributed by atoms with Crippen molar-refractivity contribution < 1.29 is 9.18 Å². The number of halogens is 1. The number of nitrogens with one attached hydrogen (secondary N) is 1. The molecule has 1 heterocycles. The zero-order valence-electron chi connectivity index (χ0n) is 9.93. The van der Waals surface area contributed by atoms with Gasteiger partial charge in [-0.2, -0.15) is 5.10 Å². The van der Waals surface area contributed by atoms with E-state index in [1.807, 2.05) is 0 Å². The largest absolute Gasteiger partial charge is 0.338 e. The summed E-state index contributed by atoms with van der Waals surface area (Å²) < 4.78 is 13.0. The number of hydrogen-bond donors (Lipinski definition) is 1. The van der Waals surface area contributed by atoms with E-state index in [9.17, 15) is 9.18 Å². The molecule has 1 aromatic carbocycles. The van der Waals surface area contributed by atoms with Crippen LogP contribution in [-0.2, 0) is 17.8 Å². The number of carbonyl (C=O) groups excluding carboxylic acids is 1. The van der Waals surface area contributed by atoms with Crippen LogP contribution in [0.15, 0.2) is 30.6 Å². The Morgan fingerprint density at radius 2 is 2.33 bits per heavy atom. The highest BCUT2D eigenvalue weighted by molar-refractivity contribution is 5.78. The molecule has 94 valence electrons. The van der Waals surface area contributed by atoms with Crippen molar-refractivity contribution in [3.8, 4) is 0 Å². The van der Waals surface area contributed by atoms with Gasteiger partial charge in [-0.3, -0.25) is 9.89 Å². The highest BCUT2D eigenvalue weighted by atomic mass is 19.1. The van der Waals surface area contributed by atoms with Crippen LogP contribution in [0.2, 0.25) is 0 Å². The smallest absolute Gasteiger partial charge is 0.227 e. The fourth-order valence-electron chi connectivity index (χ4n) is 1.58. The van der Waals surface area contributed by atoms with Gasteiger partial charge in [-0.05, 0) is 17.7 Å². The molecule has 1 amide bonds. The predicted octanol–water partition coefficient (Wildman–Crippen LogP) is 1.14. The average Bonchev–Trinajstić information content (AvgIpc) is 2.81. The molecule has 0 aliphatic carbocycles. The lowest BCUT2D eigenvalue weighted by Gasteiger charge is -2.15. The van der Waals surface area contributed by atoms with Gasteiger partial charge in [0, 0.05) is 7.05 Å². The number of aromatic amines is 1. The number of likely N-dealkylation sites (N-methyl/N-ethyl adjacent to an activating group) is 1. The molecular formula is C12H13FN4O. The maximum absolute atomic E-state index is 13.0. The molecule has 0 unspecified atom stereocenters. The molecule has 2 aromatic rings. The van der Waals surface area contributed by atoms with Gasteiger partial charge < -0.3 is 4.90 Å². The van der Waals surface area contributed by atoms with Crippen molar-refractivity contribution in [2.24, 2.45) is 0 Å². The number of amides is 1. The summed E-state index contributed by atoms with van der Waals surface area (Å²) in [4.78, 5) is 17.3. The second kappa shape index (κ2) is 5.39. The van der Waals surface area contributed by atoms with E-state index in [1.54, 1.807) is 19.2 Å². The topological polar surface area (TPSA) is 61.9 Å². The number of carbonyl (C=O) groups is 1. The highest BCUT2D eigenvalue weighted by Gasteiger charge is 2.11. The lowest BCUT2D eigenvalue weighted by atomic mass is 10.1. The molecule has 0 bridgehead atoms. The summed E-state index contributed by atoms with van der Waals surface area (Å²) in [5, 5.41) is 6.39. The van der Waals surface area contributed by atoms with Crippen molar-refractivity contribution in [3.05, 3.63) is 47.8 Å². The van der Waals surface area contributed by atoms with Gasteiger partial charge >= 0.3 is 0 Å². The molecule has 2 rings (SSSR count). The van der Waals surface area contributed by atoms with Gasteiger partial charge in [0.2, 0.25) is 5.91 Å². The molecule has 0 radical (unpaired) electrons. The summed E-state index contributed by atoms with van der Waals surface area (Å²) in [6.07, 6.45) is 1.56. The normalized spacial score (nSPS) is 10.3. The van der Waals surface area contributed by atoms with E-state index in [2.05, 4.69) is 15.2 Å². The van der Waals surface area contributed by atoms with E-state index in [0.717, 1.165) is 0 Å². The van der Waals surface area contributed by atoms with Gasteiger partial charge in [-0.1, -0.05) is 12.1 Å². The molecule has 0 fully saturated rings. The number of benzene rings is 1. The lowest BCUT2D eigenvalue weighted by molar-refractivity contribution is -0.129. The first kappa shape index (κ1) is 12.2. The van der Waals surface area contributed by atoms with E-state index in [4.69, 9.17) is 0 Å². The van der Waals surface area contributed by atoms with Crippen molar-refractivity contribution in [3.63, 3.8) is 0 Å². The van der Waals surface area contributed by atoms with E-state index in [0.29, 0.717) is 17.9 Å². The van der Waals surface area contributed by atoms with Crippen LogP contribution >= 0.6 is 0 Å². The Bertz CT molecular complexity index is 527. The second-order valence-corrected chi connectivity index (χ2v) is 3.99. The Morgan fingerprint density at radius 1 is 1.50 bits per heavy atom. The van der Waals surface area contributed by atoms with Crippen LogP contribution in [0, 0.1) is 5.82 Å². The Kier molecular flexibility index (Phi) is 3.66. The number of rotatable bonds is 4. The summed E-state index contributed by atoms with van der Waals surface area (Å²) in [5.74, 6) is 0.181. The molecule has 1 aromatic heterocycles. The summed E-state index contributed by atoms with van der Waals surface area (Å²) in [6.45, 7) is 0.355. The number of H-pyrrole nitrogens is 1. The molecule has 0 atom stereocenters. The number of hydrogen-bond acceptors (Lipinski definition) is 3. The van der Waals surface area contributed by atoms with Gasteiger partial charge in [0.05, 0.1) is 13.0 Å². The lowest BCUT2D eigenvalue weighted by Crippen LogP contribution is -2.28. The average molecular weight is 248 g/mol. The highest BCUT2D eigenvalue weighted by Crippen LogP contribution is 2.06. The maximum atomic E-state index is 13.0. The molecule has 0 saturated carbocycles. The van der Waals surface area contributed by atoms with E-state index in [1.165, 1.54) is 23.4 Å². The number of aromatic nitrogens is 3. The van der Waals surface area contributed by atoms with Gasteiger partial charge in [0.1, 0.15) is 18.0 Å². The Labute approximate surface area is 104 Å². The zero-order chi connectivity index (χ0) is 13.0. The summed E-state index contributed by atoms with van der Waals surface area (Å²) in [6, 6.07) is 6.03.